The fourth-order valence-electron chi connectivity index (χ4n) is 4.37. The second-order valence-electron chi connectivity index (χ2n) is 8.21. The maximum atomic E-state index is 13.1. The van der Waals surface area contributed by atoms with Crippen molar-refractivity contribution in [1.29, 1.82) is 5.26 Å². The highest BCUT2D eigenvalue weighted by Gasteiger charge is 2.30. The van der Waals surface area contributed by atoms with E-state index >= 15 is 0 Å². The Morgan fingerprint density at radius 1 is 1.23 bits per heavy atom. The number of nitrogens with zero attached hydrogens (tertiary/aromatic N) is 5. The highest BCUT2D eigenvalue weighted by molar-refractivity contribution is 6.05. The molecule has 2 heterocycles. The molecule has 0 unspecified atom stereocenters. The third kappa shape index (κ3) is 3.65. The number of anilines is 2. The molecule has 0 spiro atoms. The van der Waals surface area contributed by atoms with Gasteiger partial charge in [-0.05, 0) is 37.8 Å². The molecule has 31 heavy (non-hydrogen) atoms. The summed E-state index contributed by atoms with van der Waals surface area (Å²) in [4.78, 5) is 25.9. The van der Waals surface area contributed by atoms with Crippen molar-refractivity contribution in [3.8, 4) is 6.07 Å². The average Bonchev–Trinajstić information content (AvgIpc) is 3.34. The van der Waals surface area contributed by atoms with Gasteiger partial charge in [0.1, 0.15) is 35.4 Å². The Labute approximate surface area is 179 Å². The van der Waals surface area contributed by atoms with E-state index in [0.29, 0.717) is 24.0 Å². The number of carbonyl (C=O) groups excluding carboxylic acids is 1. The van der Waals surface area contributed by atoms with Gasteiger partial charge in [0.2, 0.25) is 0 Å². The molecule has 2 aliphatic rings. The molecule has 158 valence electrons. The van der Waals surface area contributed by atoms with E-state index in [0.717, 1.165) is 42.5 Å². The minimum atomic E-state index is -0.0332. The number of rotatable bonds is 6. The van der Waals surface area contributed by atoms with Gasteiger partial charge < -0.3 is 20.9 Å². The van der Waals surface area contributed by atoms with E-state index in [2.05, 4.69) is 25.2 Å². The Hall–Kier alpha value is -3.67. The Balaban J connectivity index is 1.48. The number of hydrogen-bond acceptors (Lipinski definition) is 7. The van der Waals surface area contributed by atoms with Gasteiger partial charge in [-0.15, -0.1) is 0 Å². The van der Waals surface area contributed by atoms with Crippen LogP contribution in [0.4, 0.5) is 11.6 Å². The molecule has 0 radical (unpaired) electrons. The van der Waals surface area contributed by atoms with Gasteiger partial charge in [0.15, 0.2) is 0 Å². The summed E-state index contributed by atoms with van der Waals surface area (Å²) in [5, 5.41) is 15.7. The predicted molar refractivity (Wildman–Crippen MR) is 116 cm³/mol. The number of fused-ring (bicyclic) bond motifs is 1. The fraction of sp³-hybridized carbons (Fsp3) is 0.409. The Morgan fingerprint density at radius 2 is 2.03 bits per heavy atom. The van der Waals surface area contributed by atoms with Crippen molar-refractivity contribution in [2.75, 3.05) is 11.1 Å². The maximum absolute atomic E-state index is 13.1. The van der Waals surface area contributed by atoms with E-state index in [-0.39, 0.29) is 23.3 Å². The van der Waals surface area contributed by atoms with Crippen molar-refractivity contribution in [2.45, 2.75) is 57.2 Å². The molecule has 1 amide bonds. The number of amides is 1. The summed E-state index contributed by atoms with van der Waals surface area (Å²) < 4.78 is 2.17. The van der Waals surface area contributed by atoms with Gasteiger partial charge >= 0.3 is 0 Å². The van der Waals surface area contributed by atoms with E-state index in [4.69, 9.17) is 10.7 Å². The van der Waals surface area contributed by atoms with Gasteiger partial charge in [-0.25, -0.2) is 15.0 Å². The zero-order valence-electron chi connectivity index (χ0n) is 17.1. The number of carbonyl (C=O) groups is 1. The topological polar surface area (TPSA) is 135 Å². The normalized spacial score (nSPS) is 16.4. The molecule has 9 heteroatoms. The number of nitrogens with two attached hydrogens (primary N) is 1. The predicted octanol–water partition coefficient (Wildman–Crippen LogP) is 2.90. The van der Waals surface area contributed by atoms with E-state index in [1.165, 1.54) is 19.2 Å². The number of benzene rings is 1. The van der Waals surface area contributed by atoms with Crippen LogP contribution in [0.5, 0.6) is 0 Å². The quantitative estimate of drug-likeness (QED) is 0.562. The Bertz CT molecular complexity index is 1180. The van der Waals surface area contributed by atoms with Crippen LogP contribution in [0, 0.1) is 11.3 Å². The second kappa shape index (κ2) is 7.87. The first-order chi connectivity index (χ1) is 15.2. The fourth-order valence-corrected chi connectivity index (χ4v) is 4.37. The summed E-state index contributed by atoms with van der Waals surface area (Å²) in [7, 11) is 0. The van der Waals surface area contributed by atoms with Crippen LogP contribution in [0.3, 0.4) is 0 Å². The maximum Gasteiger partial charge on any atom is 0.253 e. The summed E-state index contributed by atoms with van der Waals surface area (Å²) in [5.41, 5.74) is 8.34. The number of para-hydroxylation sites is 1. The summed E-state index contributed by atoms with van der Waals surface area (Å²) in [5.74, 6) is 1.29. The first kappa shape index (κ1) is 19.3. The van der Waals surface area contributed by atoms with Gasteiger partial charge in [-0.2, -0.15) is 5.26 Å². The van der Waals surface area contributed by atoms with Crippen molar-refractivity contribution in [3.63, 3.8) is 0 Å². The number of nitrogens with one attached hydrogen (secondary N) is 2. The molecule has 0 aliphatic heterocycles. The van der Waals surface area contributed by atoms with Gasteiger partial charge in [-0.3, -0.25) is 4.79 Å². The first-order valence-electron chi connectivity index (χ1n) is 10.7. The number of imidazole rings is 1. The van der Waals surface area contributed by atoms with E-state index < -0.39 is 0 Å². The summed E-state index contributed by atoms with van der Waals surface area (Å²) in [6, 6.07) is 8.32. The molecular formula is C22H24N8O. The summed E-state index contributed by atoms with van der Waals surface area (Å²) >= 11 is 0. The SMILES string of the molecule is N#Cc1c(N)ncnc1NCc1nc2cccc(C(=O)NC3CCCC3)c2n1C1CC1. The molecular weight excluding hydrogens is 392 g/mol. The molecule has 5 rings (SSSR count). The van der Waals surface area contributed by atoms with Crippen LogP contribution in [-0.2, 0) is 6.54 Å². The highest BCUT2D eigenvalue weighted by Crippen LogP contribution is 2.40. The lowest BCUT2D eigenvalue weighted by molar-refractivity contribution is 0.0939. The van der Waals surface area contributed by atoms with Gasteiger partial charge in [0.05, 0.1) is 23.1 Å². The second-order valence-corrected chi connectivity index (χ2v) is 8.21. The molecule has 4 N–H and O–H groups in total. The van der Waals surface area contributed by atoms with Crippen LogP contribution in [-0.4, -0.2) is 31.5 Å². The molecule has 2 aromatic heterocycles. The molecule has 0 bridgehead atoms. The molecule has 0 saturated heterocycles. The lowest BCUT2D eigenvalue weighted by atomic mass is 10.1. The van der Waals surface area contributed by atoms with E-state index in [9.17, 15) is 10.1 Å². The average molecular weight is 416 g/mol. The third-order valence-electron chi connectivity index (χ3n) is 6.03. The number of aromatic nitrogens is 4. The van der Waals surface area contributed by atoms with Crippen molar-refractivity contribution in [3.05, 3.63) is 41.5 Å². The first-order valence-corrected chi connectivity index (χ1v) is 10.7. The van der Waals surface area contributed by atoms with Gasteiger partial charge in [0.25, 0.3) is 5.91 Å². The lowest BCUT2D eigenvalue weighted by Crippen LogP contribution is -2.32. The van der Waals surface area contributed by atoms with Crippen LogP contribution in [0.1, 0.15) is 66.3 Å². The summed E-state index contributed by atoms with van der Waals surface area (Å²) in [6.07, 6.45) is 7.87. The van der Waals surface area contributed by atoms with Crippen molar-refractivity contribution < 1.29 is 4.79 Å². The lowest BCUT2D eigenvalue weighted by Gasteiger charge is -2.14. The molecule has 0 atom stereocenters. The van der Waals surface area contributed by atoms with Crippen LogP contribution in [0.2, 0.25) is 0 Å². The number of nitrogen functional groups attached to an aromatic ring is 1. The minimum absolute atomic E-state index is 0.0332. The summed E-state index contributed by atoms with van der Waals surface area (Å²) in [6.45, 7) is 0.361. The van der Waals surface area contributed by atoms with Gasteiger partial charge in [0, 0.05) is 12.1 Å². The van der Waals surface area contributed by atoms with Gasteiger partial charge in [-0.1, -0.05) is 18.9 Å². The standard InChI is InChI=1S/C22H24N8O/c23-10-16-20(24)26-12-27-21(16)25-11-18-29-17-7-3-6-15(19(17)30(18)14-8-9-14)22(31)28-13-4-1-2-5-13/h3,6-7,12-14H,1-2,4-5,8-9,11H2,(H,28,31)(H3,24,25,26,27). The van der Waals surface area contributed by atoms with Crippen LogP contribution in [0.25, 0.3) is 11.0 Å². The highest BCUT2D eigenvalue weighted by atomic mass is 16.1. The molecule has 2 saturated carbocycles. The van der Waals surface area contributed by atoms with Crippen molar-refractivity contribution >= 4 is 28.6 Å². The smallest absolute Gasteiger partial charge is 0.253 e. The molecule has 9 nitrogen and oxygen atoms in total. The van der Waals surface area contributed by atoms with Crippen LogP contribution >= 0.6 is 0 Å². The molecule has 1 aromatic carbocycles. The van der Waals surface area contributed by atoms with Crippen molar-refractivity contribution in [2.24, 2.45) is 0 Å². The van der Waals surface area contributed by atoms with E-state index in [1.54, 1.807) is 0 Å². The van der Waals surface area contributed by atoms with Crippen molar-refractivity contribution in [1.82, 2.24) is 24.8 Å². The molecule has 2 fully saturated rings. The number of nitriles is 1. The third-order valence-corrected chi connectivity index (χ3v) is 6.03. The monoisotopic (exact) mass is 416 g/mol. The number of hydrogen-bond donors (Lipinski definition) is 3. The largest absolute Gasteiger partial charge is 0.382 e. The van der Waals surface area contributed by atoms with Crippen LogP contribution < -0.4 is 16.4 Å². The zero-order chi connectivity index (χ0) is 21.4. The molecule has 2 aliphatic carbocycles. The minimum Gasteiger partial charge on any atom is -0.382 e. The Morgan fingerprint density at radius 3 is 2.77 bits per heavy atom. The molecule has 3 aromatic rings. The zero-order valence-corrected chi connectivity index (χ0v) is 17.1. The Kier molecular flexibility index (Phi) is 4.90. The van der Waals surface area contributed by atoms with E-state index in [1.807, 2.05) is 24.3 Å². The van der Waals surface area contributed by atoms with Crippen LogP contribution in [0.15, 0.2) is 24.5 Å².